The Morgan fingerprint density at radius 1 is 1.11 bits per heavy atom. The molecule has 0 unspecified atom stereocenters. The van der Waals surface area contributed by atoms with Crippen LogP contribution in [0.25, 0.3) is 11.1 Å². The Hall–Kier alpha value is -2.20. The molecule has 0 saturated carbocycles. The second-order valence-corrected chi connectivity index (χ2v) is 4.06. The van der Waals surface area contributed by atoms with E-state index in [0.29, 0.717) is 28.0 Å². The monoisotopic (exact) mass is 261 g/mol. The highest BCUT2D eigenvalue weighted by atomic mass is 35.5. The highest BCUT2D eigenvalue weighted by Crippen LogP contribution is 2.33. The maximum atomic E-state index is 11.0. The van der Waals surface area contributed by atoms with Crippen molar-refractivity contribution in [3.63, 3.8) is 0 Å². The smallest absolute Gasteiger partial charge is 0.277 e. The fourth-order valence-electron chi connectivity index (χ4n) is 1.73. The average Bonchev–Trinajstić information content (AvgIpc) is 2.38. The van der Waals surface area contributed by atoms with Gasteiger partial charge in [0.15, 0.2) is 6.29 Å². The number of nitrogens with zero attached hydrogens (tertiary/aromatic N) is 1. The van der Waals surface area contributed by atoms with E-state index >= 15 is 0 Å². The number of hydrogen-bond acceptors (Lipinski definition) is 3. The lowest BCUT2D eigenvalue weighted by Gasteiger charge is -2.06. The van der Waals surface area contributed by atoms with Crippen molar-refractivity contribution < 1.29 is 9.72 Å². The molecule has 0 amide bonds. The quantitative estimate of drug-likeness (QED) is 0.480. The summed E-state index contributed by atoms with van der Waals surface area (Å²) >= 11 is 5.86. The Kier molecular flexibility index (Phi) is 3.39. The van der Waals surface area contributed by atoms with Crippen molar-refractivity contribution >= 4 is 23.6 Å². The molecule has 18 heavy (non-hydrogen) atoms. The van der Waals surface area contributed by atoms with Gasteiger partial charge < -0.3 is 0 Å². The number of carbonyl (C=O) groups excluding carboxylic acids is 1. The standard InChI is InChI=1S/C13H8ClNO3/c14-10-5-6-13(15(17)18)12(7-10)11-4-2-1-3-9(11)8-16/h1-8H. The summed E-state index contributed by atoms with van der Waals surface area (Å²) in [7, 11) is 0. The van der Waals surface area contributed by atoms with Crippen LogP contribution in [0.1, 0.15) is 10.4 Å². The minimum absolute atomic E-state index is 0.0753. The second kappa shape index (κ2) is 4.98. The van der Waals surface area contributed by atoms with Crippen LogP contribution in [0.2, 0.25) is 5.02 Å². The van der Waals surface area contributed by atoms with E-state index in [1.165, 1.54) is 18.2 Å². The van der Waals surface area contributed by atoms with E-state index in [0.717, 1.165) is 0 Å². The van der Waals surface area contributed by atoms with E-state index in [1.807, 2.05) is 0 Å². The first-order chi connectivity index (χ1) is 8.63. The predicted octanol–water partition coefficient (Wildman–Crippen LogP) is 3.73. The van der Waals surface area contributed by atoms with Gasteiger partial charge in [0.1, 0.15) is 0 Å². The number of hydrogen-bond donors (Lipinski definition) is 0. The zero-order chi connectivity index (χ0) is 13.1. The SMILES string of the molecule is O=Cc1ccccc1-c1cc(Cl)ccc1[N+](=O)[O-]. The van der Waals surface area contributed by atoms with Gasteiger partial charge in [-0.3, -0.25) is 14.9 Å². The number of rotatable bonds is 3. The fraction of sp³-hybridized carbons (Fsp3) is 0. The van der Waals surface area contributed by atoms with E-state index in [4.69, 9.17) is 11.6 Å². The van der Waals surface area contributed by atoms with Crippen molar-refractivity contribution in [3.8, 4) is 11.1 Å². The Bertz CT molecular complexity index is 625. The largest absolute Gasteiger partial charge is 0.298 e. The molecule has 2 rings (SSSR count). The first kappa shape index (κ1) is 12.3. The number of aldehydes is 1. The average molecular weight is 262 g/mol. The molecule has 0 bridgehead atoms. The maximum Gasteiger partial charge on any atom is 0.277 e. The lowest BCUT2D eigenvalue weighted by atomic mass is 9.99. The molecule has 2 aromatic carbocycles. The Balaban J connectivity index is 2.73. The molecule has 4 nitrogen and oxygen atoms in total. The van der Waals surface area contributed by atoms with Crippen molar-refractivity contribution in [2.45, 2.75) is 0 Å². The van der Waals surface area contributed by atoms with Gasteiger partial charge in [-0.2, -0.15) is 0 Å². The highest BCUT2D eigenvalue weighted by molar-refractivity contribution is 6.31. The van der Waals surface area contributed by atoms with Gasteiger partial charge >= 0.3 is 0 Å². The van der Waals surface area contributed by atoms with Crippen LogP contribution < -0.4 is 0 Å². The third-order valence-corrected chi connectivity index (χ3v) is 2.77. The third kappa shape index (κ3) is 2.24. The summed E-state index contributed by atoms with van der Waals surface area (Å²) in [5.74, 6) is 0. The number of benzene rings is 2. The first-order valence-corrected chi connectivity index (χ1v) is 5.50. The molecule has 0 aliphatic rings. The summed E-state index contributed by atoms with van der Waals surface area (Å²) in [6.07, 6.45) is 0.667. The normalized spacial score (nSPS) is 10.1. The lowest BCUT2D eigenvalue weighted by molar-refractivity contribution is -0.384. The minimum Gasteiger partial charge on any atom is -0.298 e. The topological polar surface area (TPSA) is 60.2 Å². The molecule has 2 aromatic rings. The van der Waals surface area contributed by atoms with Crippen molar-refractivity contribution in [2.75, 3.05) is 0 Å². The lowest BCUT2D eigenvalue weighted by Crippen LogP contribution is -1.94. The van der Waals surface area contributed by atoms with Crippen molar-refractivity contribution in [2.24, 2.45) is 0 Å². The van der Waals surface area contributed by atoms with Gasteiger partial charge in [-0.25, -0.2) is 0 Å². The zero-order valence-electron chi connectivity index (χ0n) is 9.17. The third-order valence-electron chi connectivity index (χ3n) is 2.53. The molecular weight excluding hydrogens is 254 g/mol. The van der Waals surface area contributed by atoms with E-state index < -0.39 is 4.92 Å². The Morgan fingerprint density at radius 3 is 2.50 bits per heavy atom. The van der Waals surface area contributed by atoms with Crippen molar-refractivity contribution in [3.05, 3.63) is 63.2 Å². The second-order valence-electron chi connectivity index (χ2n) is 3.62. The van der Waals surface area contributed by atoms with Gasteiger partial charge in [-0.05, 0) is 17.7 Å². The predicted molar refractivity (Wildman–Crippen MR) is 68.9 cm³/mol. The molecule has 0 fully saturated rings. The van der Waals surface area contributed by atoms with Crippen molar-refractivity contribution in [1.82, 2.24) is 0 Å². The number of halogens is 1. The van der Waals surface area contributed by atoms with Crippen LogP contribution in [-0.4, -0.2) is 11.2 Å². The van der Waals surface area contributed by atoms with Crippen LogP contribution in [0.3, 0.4) is 0 Å². The Morgan fingerprint density at radius 2 is 1.83 bits per heavy atom. The van der Waals surface area contributed by atoms with Crippen LogP contribution in [0.15, 0.2) is 42.5 Å². The molecule has 5 heteroatoms. The van der Waals surface area contributed by atoms with Gasteiger partial charge in [0.25, 0.3) is 5.69 Å². The summed E-state index contributed by atoms with van der Waals surface area (Å²) in [6, 6.07) is 10.9. The van der Waals surface area contributed by atoms with Crippen LogP contribution in [0, 0.1) is 10.1 Å². The molecule has 0 spiro atoms. The van der Waals surface area contributed by atoms with Crippen LogP contribution >= 0.6 is 11.6 Å². The van der Waals surface area contributed by atoms with E-state index in [1.54, 1.807) is 24.3 Å². The molecule has 0 aliphatic heterocycles. The number of carbonyl (C=O) groups is 1. The van der Waals surface area contributed by atoms with Gasteiger partial charge in [0.05, 0.1) is 10.5 Å². The molecule has 0 saturated heterocycles. The molecule has 0 N–H and O–H groups in total. The summed E-state index contributed by atoms with van der Waals surface area (Å²) in [5.41, 5.74) is 1.16. The molecule has 90 valence electrons. The van der Waals surface area contributed by atoms with Crippen LogP contribution in [0.5, 0.6) is 0 Å². The van der Waals surface area contributed by atoms with E-state index in [-0.39, 0.29) is 5.69 Å². The van der Waals surface area contributed by atoms with Crippen molar-refractivity contribution in [1.29, 1.82) is 0 Å². The first-order valence-electron chi connectivity index (χ1n) is 5.12. The number of nitro benzene ring substituents is 1. The maximum absolute atomic E-state index is 11.0. The van der Waals surface area contributed by atoms with Gasteiger partial charge in [0, 0.05) is 16.7 Å². The zero-order valence-corrected chi connectivity index (χ0v) is 9.92. The molecule has 0 atom stereocenters. The fourth-order valence-corrected chi connectivity index (χ4v) is 1.90. The van der Waals surface area contributed by atoms with Crippen LogP contribution in [-0.2, 0) is 0 Å². The van der Waals surface area contributed by atoms with Gasteiger partial charge in [0.2, 0.25) is 0 Å². The number of nitro groups is 1. The van der Waals surface area contributed by atoms with E-state index in [9.17, 15) is 14.9 Å². The minimum atomic E-state index is -0.493. The summed E-state index contributed by atoms with van der Waals surface area (Å²) in [6.45, 7) is 0. The molecule has 0 aromatic heterocycles. The van der Waals surface area contributed by atoms with Gasteiger partial charge in [-0.1, -0.05) is 35.9 Å². The van der Waals surface area contributed by atoms with Crippen LogP contribution in [0.4, 0.5) is 5.69 Å². The van der Waals surface area contributed by atoms with E-state index in [2.05, 4.69) is 0 Å². The molecular formula is C13H8ClNO3. The molecule has 0 radical (unpaired) electrons. The summed E-state index contributed by atoms with van der Waals surface area (Å²) < 4.78 is 0. The highest BCUT2D eigenvalue weighted by Gasteiger charge is 2.17. The Labute approximate surface area is 108 Å². The summed E-state index contributed by atoms with van der Waals surface area (Å²) in [5, 5.41) is 11.4. The summed E-state index contributed by atoms with van der Waals surface area (Å²) in [4.78, 5) is 21.5. The molecule has 0 heterocycles. The molecule has 0 aliphatic carbocycles. The van der Waals surface area contributed by atoms with Gasteiger partial charge in [-0.15, -0.1) is 0 Å².